The zero-order valence-corrected chi connectivity index (χ0v) is 20.3. The van der Waals surface area contributed by atoms with Gasteiger partial charge in [-0.15, -0.1) is 0 Å². The molecular formula is C30H26F2N4O. The summed E-state index contributed by atoms with van der Waals surface area (Å²) in [5, 5.41) is 0.959. The molecule has 6 rings (SSSR count). The molecule has 0 amide bonds. The van der Waals surface area contributed by atoms with E-state index in [9.17, 15) is 8.78 Å². The summed E-state index contributed by atoms with van der Waals surface area (Å²) in [6, 6.07) is 25.5. The lowest BCUT2D eigenvalue weighted by atomic mass is 10.1. The molecule has 0 bridgehead atoms. The lowest BCUT2D eigenvalue weighted by molar-refractivity contribution is -0.0102. The van der Waals surface area contributed by atoms with Crippen molar-refractivity contribution in [1.82, 2.24) is 15.0 Å². The van der Waals surface area contributed by atoms with Crippen LogP contribution in [0.4, 0.5) is 14.6 Å². The van der Waals surface area contributed by atoms with E-state index >= 15 is 0 Å². The van der Waals surface area contributed by atoms with Crippen molar-refractivity contribution in [2.45, 2.75) is 31.8 Å². The van der Waals surface area contributed by atoms with Crippen molar-refractivity contribution in [3.63, 3.8) is 0 Å². The average molecular weight is 497 g/mol. The molecule has 5 nitrogen and oxygen atoms in total. The number of pyridine rings is 3. The Morgan fingerprint density at radius 1 is 0.838 bits per heavy atom. The third kappa shape index (κ3) is 4.94. The molecule has 1 aliphatic rings. The predicted octanol–water partition coefficient (Wildman–Crippen LogP) is 7.05. The molecule has 7 heteroatoms. The fourth-order valence-corrected chi connectivity index (χ4v) is 4.83. The molecule has 0 aliphatic carbocycles. The summed E-state index contributed by atoms with van der Waals surface area (Å²) in [6.07, 6.45) is 1.83. The molecule has 1 aliphatic heterocycles. The Morgan fingerprint density at radius 2 is 1.65 bits per heavy atom. The van der Waals surface area contributed by atoms with Gasteiger partial charge in [-0.25, -0.2) is 18.7 Å². The number of hydrogen-bond donors (Lipinski definition) is 0. The Kier molecular flexibility index (Phi) is 6.12. The van der Waals surface area contributed by atoms with Crippen molar-refractivity contribution in [1.29, 1.82) is 0 Å². The van der Waals surface area contributed by atoms with Crippen molar-refractivity contribution in [3.05, 3.63) is 90.6 Å². The van der Waals surface area contributed by atoms with Crippen LogP contribution in [-0.4, -0.2) is 34.0 Å². The van der Waals surface area contributed by atoms with Crippen molar-refractivity contribution < 1.29 is 13.5 Å². The van der Waals surface area contributed by atoms with Crippen LogP contribution in [-0.2, 0) is 6.61 Å². The van der Waals surface area contributed by atoms with Crippen LogP contribution >= 0.6 is 0 Å². The average Bonchev–Trinajstić information content (AvgIpc) is 3.11. The molecule has 0 unspecified atom stereocenters. The van der Waals surface area contributed by atoms with E-state index < -0.39 is 5.92 Å². The first-order valence-corrected chi connectivity index (χ1v) is 12.5. The van der Waals surface area contributed by atoms with Gasteiger partial charge in [-0.3, -0.25) is 4.98 Å². The number of hydrogen-bond acceptors (Lipinski definition) is 5. The van der Waals surface area contributed by atoms with Crippen molar-refractivity contribution in [2.75, 3.05) is 18.0 Å². The van der Waals surface area contributed by atoms with E-state index in [2.05, 4.69) is 4.98 Å². The number of para-hydroxylation sites is 1. The normalized spacial score (nSPS) is 15.6. The summed E-state index contributed by atoms with van der Waals surface area (Å²) in [6.45, 7) is 1.14. The molecule has 0 radical (unpaired) electrons. The lowest BCUT2D eigenvalue weighted by Crippen LogP contribution is -2.27. The number of halogens is 2. The molecule has 2 aromatic carbocycles. The molecule has 37 heavy (non-hydrogen) atoms. The molecule has 1 fully saturated rings. The Bertz CT molecular complexity index is 1560. The lowest BCUT2D eigenvalue weighted by Gasteiger charge is -2.25. The number of anilines is 1. The standard InChI is InChI=1S/C30H26F2N4O/c31-30(32)13-7-16-36(17-14-30)29-23(18-22-10-4-5-11-24(22)35-29)26-19-27(28-25(34-26)12-6-15-33-28)37-20-21-8-2-1-3-9-21/h1-6,8-12,15,18-19H,7,13-14,16-17,20H2. The van der Waals surface area contributed by atoms with Crippen molar-refractivity contribution >= 4 is 27.8 Å². The number of ether oxygens (including phenoxy) is 1. The zero-order valence-electron chi connectivity index (χ0n) is 20.3. The van der Waals surface area contributed by atoms with Crippen LogP contribution in [0.25, 0.3) is 33.2 Å². The number of benzene rings is 2. The Morgan fingerprint density at radius 3 is 2.54 bits per heavy atom. The fourth-order valence-electron chi connectivity index (χ4n) is 4.83. The second-order valence-corrected chi connectivity index (χ2v) is 9.40. The second kappa shape index (κ2) is 9.73. The van der Waals surface area contributed by atoms with E-state index in [0.717, 1.165) is 22.0 Å². The molecule has 0 saturated carbocycles. The molecule has 1 saturated heterocycles. The molecule has 0 atom stereocenters. The summed E-state index contributed by atoms with van der Waals surface area (Å²) in [5.74, 6) is -1.37. The molecule has 0 N–H and O–H groups in total. The fraction of sp³-hybridized carbons (Fsp3) is 0.233. The third-order valence-corrected chi connectivity index (χ3v) is 6.76. The summed E-state index contributed by atoms with van der Waals surface area (Å²) in [5.41, 5.74) is 4.70. The number of alkyl halides is 2. The highest BCUT2D eigenvalue weighted by molar-refractivity contribution is 5.91. The quantitative estimate of drug-likeness (QED) is 0.261. The van der Waals surface area contributed by atoms with E-state index in [4.69, 9.17) is 14.7 Å². The smallest absolute Gasteiger partial charge is 0.249 e. The number of fused-ring (bicyclic) bond motifs is 2. The van der Waals surface area contributed by atoms with Crippen LogP contribution in [0.1, 0.15) is 24.8 Å². The highest BCUT2D eigenvalue weighted by Crippen LogP contribution is 2.38. The highest BCUT2D eigenvalue weighted by atomic mass is 19.3. The Hall–Kier alpha value is -4.13. The van der Waals surface area contributed by atoms with E-state index in [1.54, 1.807) is 6.20 Å². The van der Waals surface area contributed by atoms with Gasteiger partial charge in [-0.05, 0) is 36.2 Å². The van der Waals surface area contributed by atoms with Gasteiger partial charge in [0.05, 0.1) is 16.7 Å². The Balaban J connectivity index is 1.48. The van der Waals surface area contributed by atoms with Crippen LogP contribution in [0.5, 0.6) is 5.75 Å². The Labute approximate surface area is 213 Å². The van der Waals surface area contributed by atoms with E-state index in [-0.39, 0.29) is 19.4 Å². The van der Waals surface area contributed by atoms with Gasteiger partial charge >= 0.3 is 0 Å². The van der Waals surface area contributed by atoms with Gasteiger partial charge in [0.2, 0.25) is 5.92 Å². The summed E-state index contributed by atoms with van der Waals surface area (Å²) < 4.78 is 34.7. The van der Waals surface area contributed by atoms with Crippen molar-refractivity contribution in [2.24, 2.45) is 0 Å². The monoisotopic (exact) mass is 496 g/mol. The molecule has 5 aromatic rings. The predicted molar refractivity (Wildman–Crippen MR) is 142 cm³/mol. The maximum absolute atomic E-state index is 14.2. The third-order valence-electron chi connectivity index (χ3n) is 6.76. The van der Waals surface area contributed by atoms with Gasteiger partial charge in [0.1, 0.15) is 23.7 Å². The SMILES string of the molecule is FC1(F)CCCN(c2nc3ccccc3cc2-c2cc(OCc3ccccc3)c3ncccc3n2)CC1. The van der Waals surface area contributed by atoms with E-state index in [1.165, 1.54) is 0 Å². The van der Waals surface area contributed by atoms with Gasteiger partial charge in [0, 0.05) is 49.1 Å². The van der Waals surface area contributed by atoms with E-state index in [0.29, 0.717) is 47.9 Å². The first-order chi connectivity index (χ1) is 18.1. The van der Waals surface area contributed by atoms with Crippen LogP contribution in [0.2, 0.25) is 0 Å². The number of aromatic nitrogens is 3. The summed E-state index contributed by atoms with van der Waals surface area (Å²) in [7, 11) is 0. The maximum Gasteiger partial charge on any atom is 0.249 e. The maximum atomic E-state index is 14.2. The first kappa shape index (κ1) is 23.3. The van der Waals surface area contributed by atoms with Crippen LogP contribution in [0.15, 0.2) is 85.1 Å². The topological polar surface area (TPSA) is 51.1 Å². The number of rotatable bonds is 5. The van der Waals surface area contributed by atoms with Crippen LogP contribution in [0.3, 0.4) is 0 Å². The largest absolute Gasteiger partial charge is 0.486 e. The van der Waals surface area contributed by atoms with Gasteiger partial charge in [0.25, 0.3) is 0 Å². The molecule has 4 heterocycles. The number of nitrogens with zero attached hydrogens (tertiary/aromatic N) is 4. The molecule has 3 aromatic heterocycles. The highest BCUT2D eigenvalue weighted by Gasteiger charge is 2.33. The summed E-state index contributed by atoms with van der Waals surface area (Å²) in [4.78, 5) is 16.4. The second-order valence-electron chi connectivity index (χ2n) is 9.40. The molecule has 0 spiro atoms. The zero-order chi connectivity index (χ0) is 25.2. The van der Waals surface area contributed by atoms with Gasteiger partial charge in [0.15, 0.2) is 0 Å². The van der Waals surface area contributed by atoms with Crippen LogP contribution in [0, 0.1) is 0 Å². The molecule has 186 valence electrons. The van der Waals surface area contributed by atoms with Crippen LogP contribution < -0.4 is 9.64 Å². The minimum atomic E-state index is -2.66. The van der Waals surface area contributed by atoms with Gasteiger partial charge in [-0.2, -0.15) is 0 Å². The molecular weight excluding hydrogens is 470 g/mol. The van der Waals surface area contributed by atoms with Gasteiger partial charge in [-0.1, -0.05) is 48.5 Å². The van der Waals surface area contributed by atoms with Crippen molar-refractivity contribution in [3.8, 4) is 17.0 Å². The summed E-state index contributed by atoms with van der Waals surface area (Å²) >= 11 is 0. The minimum Gasteiger partial charge on any atom is -0.486 e. The first-order valence-electron chi connectivity index (χ1n) is 12.5. The van der Waals surface area contributed by atoms with E-state index in [1.807, 2.05) is 83.8 Å². The minimum absolute atomic E-state index is 0.107. The van der Waals surface area contributed by atoms with Gasteiger partial charge < -0.3 is 9.64 Å².